The second-order valence-corrected chi connectivity index (χ2v) is 5.31. The van der Waals surface area contributed by atoms with E-state index < -0.39 is 0 Å². The first-order valence-electron chi connectivity index (χ1n) is 6.13. The second-order valence-electron chi connectivity index (χ2n) is 4.52. The Morgan fingerprint density at radius 2 is 2.09 bits per heavy atom. The van der Waals surface area contributed by atoms with Crippen LogP contribution < -0.4 is 24.8 Å². The van der Waals surface area contributed by atoms with Gasteiger partial charge in [0.1, 0.15) is 11.9 Å². The molecule has 2 nitrogen and oxygen atoms in total. The molecule has 0 amide bonds. The van der Waals surface area contributed by atoms with Crippen LogP contribution in [-0.2, 0) is 35.7 Å². The first kappa shape index (κ1) is 22.1. The number of fused-ring (bicyclic) bond motifs is 2. The molecule has 3 aliphatic carbocycles. The quantitative estimate of drug-likeness (QED) is 0.385. The smallest absolute Gasteiger partial charge is 1.00 e. The summed E-state index contributed by atoms with van der Waals surface area (Å²) in [5.74, 6) is 0.850. The summed E-state index contributed by atoms with van der Waals surface area (Å²) < 4.78 is 11.6. The van der Waals surface area contributed by atoms with Crippen molar-refractivity contribution < 1.29 is 60.5 Å². The third-order valence-corrected chi connectivity index (χ3v) is 3.89. The maximum atomic E-state index is 5.30. The zero-order valence-electron chi connectivity index (χ0n) is 11.8. The summed E-state index contributed by atoms with van der Waals surface area (Å²) in [4.78, 5) is 0. The van der Waals surface area contributed by atoms with E-state index in [2.05, 4.69) is 53.2 Å². The molecule has 0 spiro atoms. The fraction of sp³-hybridized carbons (Fsp3) is 0.188. The Morgan fingerprint density at radius 3 is 2.68 bits per heavy atom. The monoisotopic (exact) mass is 476 g/mol. The number of hydrogen-bond acceptors (Lipinski definition) is 2. The normalized spacial score (nSPS) is 22.5. The summed E-state index contributed by atoms with van der Waals surface area (Å²) in [5, 5.41) is 0. The summed E-state index contributed by atoms with van der Waals surface area (Å²) in [7, 11) is 0. The van der Waals surface area contributed by atoms with Gasteiger partial charge in [-0.15, -0.1) is 6.42 Å². The van der Waals surface area contributed by atoms with Gasteiger partial charge in [-0.2, -0.15) is 6.08 Å². The van der Waals surface area contributed by atoms with Crippen molar-refractivity contribution in [3.8, 4) is 0 Å². The molecule has 1 heterocycles. The van der Waals surface area contributed by atoms with Gasteiger partial charge in [-0.3, -0.25) is 6.08 Å². The fourth-order valence-corrected chi connectivity index (χ4v) is 2.86. The molecular formula is C16H13BrCl2O2Zr. The molecule has 0 aromatic rings. The summed E-state index contributed by atoms with van der Waals surface area (Å²) in [6, 6.07) is 0. The van der Waals surface area contributed by atoms with Crippen molar-refractivity contribution in [2.24, 2.45) is 0 Å². The molecule has 4 rings (SSSR count). The molecule has 1 unspecified atom stereocenters. The summed E-state index contributed by atoms with van der Waals surface area (Å²) in [6.07, 6.45) is 16.3. The fourth-order valence-electron chi connectivity index (χ4n) is 2.20. The maximum Gasteiger partial charge on any atom is 4.00 e. The van der Waals surface area contributed by atoms with Gasteiger partial charge < -0.3 is 34.3 Å². The van der Waals surface area contributed by atoms with E-state index in [0.717, 1.165) is 16.7 Å². The van der Waals surface area contributed by atoms with Gasteiger partial charge in [-0.05, 0) is 52.4 Å². The molecule has 114 valence electrons. The van der Waals surface area contributed by atoms with Crippen LogP contribution in [0.2, 0.25) is 0 Å². The molecule has 22 heavy (non-hydrogen) atoms. The molecule has 0 saturated carbocycles. The molecule has 4 aliphatic rings. The van der Waals surface area contributed by atoms with Crippen molar-refractivity contribution in [1.82, 2.24) is 0 Å². The van der Waals surface area contributed by atoms with Crippen LogP contribution in [0.3, 0.4) is 0 Å². The summed E-state index contributed by atoms with van der Waals surface area (Å²) >= 11 is 3.54. The Bertz CT molecular complexity index is 579. The molecule has 0 N–H and O–H groups in total. The molecule has 0 bridgehead atoms. The number of rotatable bonds is 0. The average Bonchev–Trinajstić information content (AvgIpc) is 3.08. The first-order valence-corrected chi connectivity index (χ1v) is 6.93. The van der Waals surface area contributed by atoms with Gasteiger partial charge in [0.25, 0.3) is 0 Å². The molecule has 1 aliphatic heterocycles. The Labute approximate surface area is 171 Å². The van der Waals surface area contributed by atoms with Crippen molar-refractivity contribution in [2.75, 3.05) is 0 Å². The SMILES string of the molecule is CC1=CC2=CC3O[CH-]OC3=C(Br)C2=C1.[C-]1=CC=CC1.[Cl-].[Cl-].[Zr+4]. The third kappa shape index (κ3) is 4.82. The van der Waals surface area contributed by atoms with Crippen molar-refractivity contribution in [2.45, 2.75) is 19.4 Å². The van der Waals surface area contributed by atoms with E-state index in [1.54, 1.807) is 0 Å². The third-order valence-electron chi connectivity index (χ3n) is 3.07. The molecular weight excluding hydrogens is 466 g/mol. The van der Waals surface area contributed by atoms with Crippen molar-refractivity contribution in [1.29, 1.82) is 0 Å². The van der Waals surface area contributed by atoms with Gasteiger partial charge in [0.2, 0.25) is 0 Å². The van der Waals surface area contributed by atoms with Crippen LogP contribution in [0.4, 0.5) is 0 Å². The molecule has 1 saturated heterocycles. The second kappa shape index (κ2) is 10.1. The van der Waals surface area contributed by atoms with Crippen LogP contribution in [0.1, 0.15) is 13.3 Å². The van der Waals surface area contributed by atoms with Crippen LogP contribution in [0.15, 0.2) is 63.4 Å². The molecule has 0 aromatic carbocycles. The van der Waals surface area contributed by atoms with Gasteiger partial charge in [0.05, 0.1) is 4.48 Å². The van der Waals surface area contributed by atoms with E-state index in [9.17, 15) is 0 Å². The minimum atomic E-state index is -0.0568. The Kier molecular flexibility index (Phi) is 10.2. The Balaban J connectivity index is 0.000000482. The van der Waals surface area contributed by atoms with Gasteiger partial charge in [0, 0.05) is 0 Å². The van der Waals surface area contributed by atoms with Crippen LogP contribution in [0.5, 0.6) is 0 Å². The number of ether oxygens (including phenoxy) is 2. The molecule has 6 heteroatoms. The largest absolute Gasteiger partial charge is 4.00 e. The molecule has 0 radical (unpaired) electrons. The minimum absolute atomic E-state index is 0. The number of allylic oxidation sites excluding steroid dienone is 10. The van der Waals surface area contributed by atoms with Crippen LogP contribution in [0, 0.1) is 12.9 Å². The van der Waals surface area contributed by atoms with Gasteiger partial charge >= 0.3 is 26.2 Å². The maximum absolute atomic E-state index is 5.30. The van der Waals surface area contributed by atoms with Gasteiger partial charge in [0.15, 0.2) is 0 Å². The first-order chi connectivity index (χ1) is 9.25. The van der Waals surface area contributed by atoms with Crippen LogP contribution in [-0.4, -0.2) is 6.10 Å². The predicted molar refractivity (Wildman–Crippen MR) is 77.7 cm³/mol. The summed E-state index contributed by atoms with van der Waals surface area (Å²) in [6.45, 7) is 3.47. The van der Waals surface area contributed by atoms with E-state index in [4.69, 9.17) is 9.47 Å². The standard InChI is InChI=1S/C11H8BrO2.C5H5.2ClH.Zr/c1-6-2-7-4-9-11(14-5-13-9)10(12)8(7)3-6;1-2-4-5-3-1;;;/h2-5,9H,1H3;1-3H,4H2;2*1H;/q2*-1;;;+4/p-2. The molecule has 1 fully saturated rings. The average molecular weight is 479 g/mol. The van der Waals surface area contributed by atoms with Gasteiger partial charge in [-0.25, -0.2) is 12.2 Å². The van der Waals surface area contributed by atoms with Gasteiger partial charge in [-0.1, -0.05) is 12.2 Å². The van der Waals surface area contributed by atoms with E-state index in [-0.39, 0.29) is 57.1 Å². The number of halogens is 3. The van der Waals surface area contributed by atoms with E-state index in [0.29, 0.717) is 0 Å². The Morgan fingerprint density at radius 1 is 1.32 bits per heavy atom. The van der Waals surface area contributed by atoms with E-state index >= 15 is 0 Å². The zero-order chi connectivity index (χ0) is 13.2. The van der Waals surface area contributed by atoms with Crippen molar-refractivity contribution in [3.63, 3.8) is 0 Å². The molecule has 0 aromatic heterocycles. The van der Waals surface area contributed by atoms with Crippen molar-refractivity contribution in [3.05, 3.63) is 76.3 Å². The van der Waals surface area contributed by atoms with Crippen LogP contribution >= 0.6 is 15.9 Å². The Hall–Kier alpha value is 0.143. The predicted octanol–water partition coefficient (Wildman–Crippen LogP) is -1.73. The zero-order valence-corrected chi connectivity index (χ0v) is 17.3. The topological polar surface area (TPSA) is 18.5 Å². The minimum Gasteiger partial charge on any atom is -1.00 e. The van der Waals surface area contributed by atoms with Crippen LogP contribution in [0.25, 0.3) is 0 Å². The van der Waals surface area contributed by atoms with E-state index in [1.807, 2.05) is 12.2 Å². The number of hydrogen-bond donors (Lipinski definition) is 0. The van der Waals surface area contributed by atoms with Crippen molar-refractivity contribution >= 4 is 15.9 Å². The summed E-state index contributed by atoms with van der Waals surface area (Å²) in [5.41, 5.74) is 3.66. The molecule has 1 atom stereocenters. The van der Waals surface area contributed by atoms with E-state index in [1.165, 1.54) is 23.5 Å².